The van der Waals surface area contributed by atoms with Crippen molar-refractivity contribution >= 4 is 17.5 Å². The van der Waals surface area contributed by atoms with Gasteiger partial charge in [0.05, 0.1) is 18.3 Å². The minimum atomic E-state index is -1.07. The average molecular weight is 239 g/mol. The van der Waals surface area contributed by atoms with Gasteiger partial charge < -0.3 is 20.5 Å². The molecule has 1 unspecified atom stereocenters. The molecular formula is C11H17N3O3. The summed E-state index contributed by atoms with van der Waals surface area (Å²) in [5.74, 6) is -0.617. The first-order chi connectivity index (χ1) is 7.97. The van der Waals surface area contributed by atoms with Gasteiger partial charge in [-0.25, -0.2) is 9.78 Å². The number of ether oxygens (including phenoxy) is 1. The molecule has 0 spiro atoms. The Morgan fingerprint density at radius 2 is 2.29 bits per heavy atom. The SMILES string of the molecule is COCC(C)N(C)c1nc(C(=O)O)ccc1N. The van der Waals surface area contributed by atoms with Gasteiger partial charge in [-0.15, -0.1) is 0 Å². The van der Waals surface area contributed by atoms with Crippen LogP contribution in [0.5, 0.6) is 0 Å². The van der Waals surface area contributed by atoms with Gasteiger partial charge in [-0.3, -0.25) is 0 Å². The summed E-state index contributed by atoms with van der Waals surface area (Å²) in [7, 11) is 3.41. The molecule has 1 heterocycles. The number of nitrogens with zero attached hydrogens (tertiary/aromatic N) is 2. The molecule has 1 rings (SSSR count). The van der Waals surface area contributed by atoms with Crippen LogP contribution in [0.2, 0.25) is 0 Å². The van der Waals surface area contributed by atoms with E-state index in [0.717, 1.165) is 0 Å². The molecule has 3 N–H and O–H groups in total. The fraction of sp³-hybridized carbons (Fsp3) is 0.455. The Bertz CT molecular complexity index is 409. The van der Waals surface area contributed by atoms with Crippen molar-refractivity contribution < 1.29 is 14.6 Å². The maximum absolute atomic E-state index is 10.8. The fourth-order valence-electron chi connectivity index (χ4n) is 1.42. The van der Waals surface area contributed by atoms with Crippen molar-refractivity contribution in [1.82, 2.24) is 4.98 Å². The van der Waals surface area contributed by atoms with Crippen LogP contribution < -0.4 is 10.6 Å². The van der Waals surface area contributed by atoms with Crippen molar-refractivity contribution in [1.29, 1.82) is 0 Å². The second-order valence-corrected chi connectivity index (χ2v) is 3.83. The maximum atomic E-state index is 10.8. The van der Waals surface area contributed by atoms with E-state index in [9.17, 15) is 4.79 Å². The molecule has 0 saturated carbocycles. The number of rotatable bonds is 5. The van der Waals surface area contributed by atoms with Gasteiger partial charge in [-0.2, -0.15) is 0 Å². The summed E-state index contributed by atoms with van der Waals surface area (Å²) >= 11 is 0. The monoisotopic (exact) mass is 239 g/mol. The molecule has 0 saturated heterocycles. The first-order valence-electron chi connectivity index (χ1n) is 5.19. The highest BCUT2D eigenvalue weighted by Gasteiger charge is 2.16. The Morgan fingerprint density at radius 1 is 1.65 bits per heavy atom. The summed E-state index contributed by atoms with van der Waals surface area (Å²) in [5, 5.41) is 8.88. The van der Waals surface area contributed by atoms with E-state index in [4.69, 9.17) is 15.6 Å². The molecule has 1 aromatic rings. The molecule has 0 fully saturated rings. The van der Waals surface area contributed by atoms with Gasteiger partial charge in [0, 0.05) is 14.2 Å². The van der Waals surface area contributed by atoms with E-state index in [2.05, 4.69) is 4.98 Å². The number of likely N-dealkylation sites (N-methyl/N-ethyl adjacent to an activating group) is 1. The molecule has 0 amide bonds. The number of methoxy groups -OCH3 is 1. The first kappa shape index (κ1) is 13.2. The summed E-state index contributed by atoms with van der Waals surface area (Å²) in [4.78, 5) is 16.7. The standard InChI is InChI=1S/C11H17N3O3/c1-7(6-17-3)14(2)10-8(12)4-5-9(13-10)11(15)16/h4-5,7H,6,12H2,1-3H3,(H,15,16). The van der Waals surface area contributed by atoms with E-state index in [1.54, 1.807) is 25.1 Å². The van der Waals surface area contributed by atoms with Crippen LogP contribution in [0.3, 0.4) is 0 Å². The van der Waals surface area contributed by atoms with Crippen LogP contribution in [0, 0.1) is 0 Å². The van der Waals surface area contributed by atoms with Crippen LogP contribution >= 0.6 is 0 Å². The van der Waals surface area contributed by atoms with Gasteiger partial charge in [0.1, 0.15) is 0 Å². The molecule has 1 aromatic heterocycles. The third-order valence-corrected chi connectivity index (χ3v) is 2.53. The quantitative estimate of drug-likeness (QED) is 0.791. The number of aromatic carboxylic acids is 1. The highest BCUT2D eigenvalue weighted by molar-refractivity contribution is 5.86. The normalized spacial score (nSPS) is 12.2. The lowest BCUT2D eigenvalue weighted by Crippen LogP contribution is -2.34. The van der Waals surface area contributed by atoms with Crippen LogP contribution in [-0.2, 0) is 4.74 Å². The molecule has 6 nitrogen and oxygen atoms in total. The van der Waals surface area contributed by atoms with Gasteiger partial charge in [0.25, 0.3) is 0 Å². The zero-order valence-corrected chi connectivity index (χ0v) is 10.2. The first-order valence-corrected chi connectivity index (χ1v) is 5.19. The lowest BCUT2D eigenvalue weighted by Gasteiger charge is -2.26. The zero-order chi connectivity index (χ0) is 13.0. The lowest BCUT2D eigenvalue weighted by molar-refractivity contribution is 0.0690. The van der Waals surface area contributed by atoms with Crippen LogP contribution in [-0.4, -0.2) is 42.9 Å². The van der Waals surface area contributed by atoms with Gasteiger partial charge in [-0.1, -0.05) is 0 Å². The second kappa shape index (κ2) is 5.49. The Morgan fingerprint density at radius 3 is 2.82 bits per heavy atom. The second-order valence-electron chi connectivity index (χ2n) is 3.83. The van der Waals surface area contributed by atoms with E-state index in [1.807, 2.05) is 6.92 Å². The predicted molar refractivity (Wildman–Crippen MR) is 65.3 cm³/mol. The molecule has 0 aliphatic carbocycles. The topological polar surface area (TPSA) is 88.7 Å². The molecular weight excluding hydrogens is 222 g/mol. The third kappa shape index (κ3) is 3.07. The molecule has 0 bridgehead atoms. The minimum Gasteiger partial charge on any atom is -0.477 e. The molecule has 0 aromatic carbocycles. The van der Waals surface area contributed by atoms with Crippen molar-refractivity contribution in [2.24, 2.45) is 0 Å². The van der Waals surface area contributed by atoms with Gasteiger partial charge in [0.2, 0.25) is 0 Å². The molecule has 94 valence electrons. The number of hydrogen-bond acceptors (Lipinski definition) is 5. The number of nitrogens with two attached hydrogens (primary N) is 1. The van der Waals surface area contributed by atoms with Crippen LogP contribution in [0.1, 0.15) is 17.4 Å². The molecule has 1 atom stereocenters. The number of pyridine rings is 1. The van der Waals surface area contributed by atoms with Crippen molar-refractivity contribution in [2.45, 2.75) is 13.0 Å². The fourth-order valence-corrected chi connectivity index (χ4v) is 1.42. The van der Waals surface area contributed by atoms with Crippen LogP contribution in [0.15, 0.2) is 12.1 Å². The highest BCUT2D eigenvalue weighted by Crippen LogP contribution is 2.21. The third-order valence-electron chi connectivity index (χ3n) is 2.53. The summed E-state index contributed by atoms with van der Waals surface area (Å²) in [6.45, 7) is 2.45. The number of nitrogen functional groups attached to an aromatic ring is 1. The van der Waals surface area contributed by atoms with E-state index in [-0.39, 0.29) is 11.7 Å². The predicted octanol–water partition coefficient (Wildman–Crippen LogP) is 0.833. The van der Waals surface area contributed by atoms with E-state index in [1.165, 1.54) is 6.07 Å². The summed E-state index contributed by atoms with van der Waals surface area (Å²) < 4.78 is 5.04. The van der Waals surface area contributed by atoms with Crippen LogP contribution in [0.25, 0.3) is 0 Å². The number of anilines is 2. The van der Waals surface area contributed by atoms with Crippen molar-refractivity contribution in [3.63, 3.8) is 0 Å². The molecule has 0 aliphatic rings. The molecule has 0 aliphatic heterocycles. The highest BCUT2D eigenvalue weighted by atomic mass is 16.5. The Labute approximate surface area is 100 Å². The largest absolute Gasteiger partial charge is 0.477 e. The Hall–Kier alpha value is -1.82. The molecule has 6 heteroatoms. The number of aromatic nitrogens is 1. The number of carboxylic acids is 1. The maximum Gasteiger partial charge on any atom is 0.354 e. The van der Waals surface area contributed by atoms with Crippen molar-refractivity contribution in [3.8, 4) is 0 Å². The number of hydrogen-bond donors (Lipinski definition) is 2. The zero-order valence-electron chi connectivity index (χ0n) is 10.2. The van der Waals surface area contributed by atoms with Crippen molar-refractivity contribution in [3.05, 3.63) is 17.8 Å². The van der Waals surface area contributed by atoms with Crippen LogP contribution in [0.4, 0.5) is 11.5 Å². The van der Waals surface area contributed by atoms with Gasteiger partial charge in [-0.05, 0) is 19.1 Å². The summed E-state index contributed by atoms with van der Waals surface area (Å²) in [6.07, 6.45) is 0. The summed E-state index contributed by atoms with van der Waals surface area (Å²) in [5.41, 5.74) is 6.21. The molecule has 17 heavy (non-hydrogen) atoms. The Kier molecular flexibility index (Phi) is 4.28. The average Bonchev–Trinajstić information content (AvgIpc) is 2.28. The summed E-state index contributed by atoms with van der Waals surface area (Å²) in [6, 6.07) is 2.98. The van der Waals surface area contributed by atoms with Gasteiger partial charge >= 0.3 is 5.97 Å². The van der Waals surface area contributed by atoms with E-state index in [0.29, 0.717) is 18.1 Å². The lowest BCUT2D eigenvalue weighted by atomic mass is 10.2. The minimum absolute atomic E-state index is 0.0225. The van der Waals surface area contributed by atoms with Gasteiger partial charge in [0.15, 0.2) is 11.5 Å². The molecule has 0 radical (unpaired) electrons. The Balaban J connectivity index is 3.03. The number of carbonyl (C=O) groups is 1. The van der Waals surface area contributed by atoms with E-state index < -0.39 is 5.97 Å². The van der Waals surface area contributed by atoms with Crippen molar-refractivity contribution in [2.75, 3.05) is 31.4 Å². The smallest absolute Gasteiger partial charge is 0.354 e. The number of carboxylic acid groups (broad SMARTS) is 1. The van der Waals surface area contributed by atoms with E-state index >= 15 is 0 Å².